The second-order valence-electron chi connectivity index (χ2n) is 5.40. The number of methoxy groups -OCH3 is 1. The molecule has 2 aliphatic heterocycles. The number of carbonyl (C=O) groups is 1. The molecular formula is C13H20N6O2. The fourth-order valence-corrected chi connectivity index (χ4v) is 2.98. The third kappa shape index (κ3) is 2.84. The predicted molar refractivity (Wildman–Crippen MR) is 77.4 cm³/mol. The highest BCUT2D eigenvalue weighted by atomic mass is 16.5. The summed E-state index contributed by atoms with van der Waals surface area (Å²) in [5, 5.41) is 6.00. The lowest BCUT2D eigenvalue weighted by molar-refractivity contribution is -0.124. The van der Waals surface area contributed by atoms with Gasteiger partial charge in [-0.05, 0) is 18.8 Å². The van der Waals surface area contributed by atoms with Crippen LogP contribution >= 0.6 is 0 Å². The number of piperidine rings is 2. The first kappa shape index (κ1) is 13.8. The van der Waals surface area contributed by atoms with E-state index in [4.69, 9.17) is 4.74 Å². The van der Waals surface area contributed by atoms with Gasteiger partial charge in [-0.15, -0.1) is 0 Å². The van der Waals surface area contributed by atoms with Gasteiger partial charge < -0.3 is 20.3 Å². The molecule has 8 nitrogen and oxygen atoms in total. The Kier molecular flexibility index (Phi) is 3.76. The van der Waals surface area contributed by atoms with Gasteiger partial charge in [-0.25, -0.2) is 0 Å². The number of hydrogen-bond acceptors (Lipinski definition) is 7. The Balaban J connectivity index is 1.77. The minimum Gasteiger partial charge on any atom is -0.467 e. The Bertz CT molecular complexity index is 515. The molecule has 1 aromatic rings. The van der Waals surface area contributed by atoms with E-state index in [1.807, 2.05) is 0 Å². The van der Waals surface area contributed by atoms with Gasteiger partial charge in [-0.2, -0.15) is 15.0 Å². The lowest BCUT2D eigenvalue weighted by atomic mass is 9.85. The molecule has 2 saturated heterocycles. The van der Waals surface area contributed by atoms with Crippen LogP contribution in [-0.2, 0) is 4.79 Å². The van der Waals surface area contributed by atoms with Crippen LogP contribution in [0.25, 0.3) is 0 Å². The lowest BCUT2D eigenvalue weighted by Gasteiger charge is -2.41. The van der Waals surface area contributed by atoms with Gasteiger partial charge in [0.25, 0.3) is 0 Å². The molecule has 0 bridgehead atoms. The summed E-state index contributed by atoms with van der Waals surface area (Å²) >= 11 is 0. The quantitative estimate of drug-likeness (QED) is 0.811. The summed E-state index contributed by atoms with van der Waals surface area (Å²) in [7, 11) is 3.31. The van der Waals surface area contributed by atoms with Crippen molar-refractivity contribution in [3.63, 3.8) is 0 Å². The number of ether oxygens (including phenoxy) is 1. The Morgan fingerprint density at radius 2 is 2.19 bits per heavy atom. The summed E-state index contributed by atoms with van der Waals surface area (Å²) in [6.45, 7) is 1.67. The summed E-state index contributed by atoms with van der Waals surface area (Å²) in [4.78, 5) is 26.4. The summed E-state index contributed by atoms with van der Waals surface area (Å²) in [5.41, 5.74) is 0. The Morgan fingerprint density at radius 3 is 2.95 bits per heavy atom. The van der Waals surface area contributed by atoms with E-state index in [2.05, 4.69) is 30.5 Å². The number of fused-ring (bicyclic) bond motifs is 1. The third-order valence-electron chi connectivity index (χ3n) is 4.11. The Hall–Kier alpha value is -2.12. The van der Waals surface area contributed by atoms with E-state index in [9.17, 15) is 4.79 Å². The molecule has 3 heterocycles. The van der Waals surface area contributed by atoms with Gasteiger partial charge >= 0.3 is 6.01 Å². The van der Waals surface area contributed by atoms with Crippen molar-refractivity contribution in [1.29, 1.82) is 0 Å². The second-order valence-corrected chi connectivity index (χ2v) is 5.40. The van der Waals surface area contributed by atoms with Crippen LogP contribution < -0.4 is 20.3 Å². The minimum atomic E-state index is 0.170. The number of amides is 1. The van der Waals surface area contributed by atoms with Gasteiger partial charge in [-0.1, -0.05) is 0 Å². The van der Waals surface area contributed by atoms with E-state index >= 15 is 0 Å². The van der Waals surface area contributed by atoms with Gasteiger partial charge in [0.15, 0.2) is 0 Å². The highest BCUT2D eigenvalue weighted by Crippen LogP contribution is 2.28. The van der Waals surface area contributed by atoms with Crippen molar-refractivity contribution in [3.8, 4) is 6.01 Å². The van der Waals surface area contributed by atoms with Crippen molar-refractivity contribution in [2.75, 3.05) is 37.5 Å². The molecule has 2 aliphatic rings. The average molecular weight is 292 g/mol. The van der Waals surface area contributed by atoms with E-state index < -0.39 is 0 Å². The Labute approximate surface area is 123 Å². The monoisotopic (exact) mass is 292 g/mol. The molecule has 8 heteroatoms. The fourth-order valence-electron chi connectivity index (χ4n) is 2.98. The maximum Gasteiger partial charge on any atom is 0.322 e. The number of nitrogens with one attached hydrogen (secondary N) is 2. The molecule has 21 heavy (non-hydrogen) atoms. The molecule has 2 unspecified atom stereocenters. The molecule has 0 saturated carbocycles. The third-order valence-corrected chi connectivity index (χ3v) is 4.11. The van der Waals surface area contributed by atoms with Crippen LogP contribution in [0.3, 0.4) is 0 Å². The normalized spacial score (nSPS) is 25.0. The maximum atomic E-state index is 11.5. The lowest BCUT2D eigenvalue weighted by Crippen LogP contribution is -2.54. The summed E-state index contributed by atoms with van der Waals surface area (Å²) in [6.07, 6.45) is 2.45. The Morgan fingerprint density at radius 1 is 1.33 bits per heavy atom. The smallest absolute Gasteiger partial charge is 0.322 e. The van der Waals surface area contributed by atoms with E-state index in [1.54, 1.807) is 14.2 Å². The van der Waals surface area contributed by atoms with Gasteiger partial charge in [0, 0.05) is 32.6 Å². The van der Waals surface area contributed by atoms with Crippen molar-refractivity contribution in [2.45, 2.75) is 25.3 Å². The van der Waals surface area contributed by atoms with Crippen molar-refractivity contribution in [3.05, 3.63) is 0 Å². The molecule has 3 rings (SSSR count). The molecular weight excluding hydrogens is 272 g/mol. The zero-order valence-corrected chi connectivity index (χ0v) is 12.3. The van der Waals surface area contributed by atoms with Gasteiger partial charge in [0.1, 0.15) is 0 Å². The van der Waals surface area contributed by atoms with Crippen LogP contribution in [0.1, 0.15) is 19.3 Å². The highest BCUT2D eigenvalue weighted by Gasteiger charge is 2.34. The van der Waals surface area contributed by atoms with E-state index in [-0.39, 0.29) is 11.9 Å². The standard InChI is InChI=1S/C13H20N6O2/c1-14-11-16-12(18-13(17-11)21-2)19-6-5-9-8(7-19)3-4-10(20)15-9/h8-9H,3-7H2,1-2H3,(H,15,20)(H,14,16,17,18). The summed E-state index contributed by atoms with van der Waals surface area (Å²) in [6, 6.07) is 0.596. The molecule has 2 atom stereocenters. The first-order valence-electron chi connectivity index (χ1n) is 7.21. The molecule has 1 aromatic heterocycles. The van der Waals surface area contributed by atoms with E-state index in [0.29, 0.717) is 30.2 Å². The van der Waals surface area contributed by atoms with Crippen LogP contribution in [-0.4, -0.2) is 54.1 Å². The minimum absolute atomic E-state index is 0.170. The predicted octanol–water partition coefficient (Wildman–Crippen LogP) is 0.0268. The van der Waals surface area contributed by atoms with Gasteiger partial charge in [0.2, 0.25) is 17.8 Å². The molecule has 114 valence electrons. The fraction of sp³-hybridized carbons (Fsp3) is 0.692. The van der Waals surface area contributed by atoms with Crippen molar-refractivity contribution < 1.29 is 9.53 Å². The van der Waals surface area contributed by atoms with Crippen LogP contribution in [0.5, 0.6) is 6.01 Å². The number of rotatable bonds is 3. The van der Waals surface area contributed by atoms with Crippen LogP contribution in [0.4, 0.5) is 11.9 Å². The summed E-state index contributed by atoms with van der Waals surface area (Å²) < 4.78 is 5.12. The van der Waals surface area contributed by atoms with Gasteiger partial charge in [0.05, 0.1) is 7.11 Å². The maximum absolute atomic E-state index is 11.5. The van der Waals surface area contributed by atoms with Crippen LogP contribution in [0.2, 0.25) is 0 Å². The second kappa shape index (κ2) is 5.71. The van der Waals surface area contributed by atoms with E-state index in [0.717, 1.165) is 25.9 Å². The first-order valence-corrected chi connectivity index (χ1v) is 7.21. The topological polar surface area (TPSA) is 92.3 Å². The molecule has 0 spiro atoms. The average Bonchev–Trinajstić information content (AvgIpc) is 2.53. The summed E-state index contributed by atoms with van der Waals surface area (Å²) in [5.74, 6) is 1.75. The highest BCUT2D eigenvalue weighted by molar-refractivity contribution is 5.77. The largest absolute Gasteiger partial charge is 0.467 e. The molecule has 2 fully saturated rings. The molecule has 0 aliphatic carbocycles. The van der Waals surface area contributed by atoms with Gasteiger partial charge in [-0.3, -0.25) is 4.79 Å². The van der Waals surface area contributed by atoms with Crippen molar-refractivity contribution in [1.82, 2.24) is 20.3 Å². The van der Waals surface area contributed by atoms with E-state index in [1.165, 1.54) is 0 Å². The molecule has 0 aromatic carbocycles. The number of hydrogen-bond donors (Lipinski definition) is 2. The number of anilines is 2. The zero-order chi connectivity index (χ0) is 14.8. The number of aromatic nitrogens is 3. The number of carbonyl (C=O) groups excluding carboxylic acids is 1. The first-order chi connectivity index (χ1) is 10.2. The van der Waals surface area contributed by atoms with Crippen molar-refractivity contribution >= 4 is 17.8 Å². The number of nitrogens with zero attached hydrogens (tertiary/aromatic N) is 4. The zero-order valence-electron chi connectivity index (χ0n) is 12.3. The molecule has 2 N–H and O–H groups in total. The molecule has 1 amide bonds. The SMILES string of the molecule is CNc1nc(OC)nc(N2CCC3NC(=O)CCC3C2)n1. The van der Waals surface area contributed by atoms with Crippen molar-refractivity contribution in [2.24, 2.45) is 5.92 Å². The van der Waals surface area contributed by atoms with Crippen LogP contribution in [0, 0.1) is 5.92 Å². The van der Waals surface area contributed by atoms with Crippen LogP contribution in [0.15, 0.2) is 0 Å². The molecule has 0 radical (unpaired) electrons.